The molecule has 1 unspecified atom stereocenters. The van der Waals surface area contributed by atoms with Gasteiger partial charge in [-0.3, -0.25) is 4.79 Å². The molecule has 1 N–H and O–H groups in total. The number of hydrogen-bond donors (Lipinski definition) is 1. The molecular formula is C17H18BrClN2O3S. The second-order valence-corrected chi connectivity index (χ2v) is 8.59. The number of carbonyl (C=O) groups excluding carboxylic acids is 1. The van der Waals surface area contributed by atoms with E-state index in [0.29, 0.717) is 11.6 Å². The van der Waals surface area contributed by atoms with Crippen molar-refractivity contribution in [1.82, 2.24) is 9.62 Å². The molecule has 25 heavy (non-hydrogen) atoms. The molecule has 1 amide bonds. The first-order valence-electron chi connectivity index (χ1n) is 7.47. The van der Waals surface area contributed by atoms with Crippen LogP contribution < -0.4 is 4.72 Å². The van der Waals surface area contributed by atoms with Crippen LogP contribution in [0.4, 0.5) is 0 Å². The highest BCUT2D eigenvalue weighted by molar-refractivity contribution is 9.10. The number of amides is 1. The molecule has 134 valence electrons. The second-order valence-electron chi connectivity index (χ2n) is 5.58. The number of nitrogens with one attached hydrogen (secondary N) is 1. The van der Waals surface area contributed by atoms with Gasteiger partial charge >= 0.3 is 0 Å². The summed E-state index contributed by atoms with van der Waals surface area (Å²) in [6, 6.07) is 12.4. The minimum atomic E-state index is -3.80. The summed E-state index contributed by atoms with van der Waals surface area (Å²) in [5.41, 5.74) is 0.936. The van der Waals surface area contributed by atoms with Crippen molar-refractivity contribution in [3.63, 3.8) is 0 Å². The first kappa shape index (κ1) is 19.9. The normalized spacial score (nSPS) is 12.6. The summed E-state index contributed by atoms with van der Waals surface area (Å²) in [4.78, 5) is 14.0. The number of hydrogen-bond acceptors (Lipinski definition) is 3. The van der Waals surface area contributed by atoms with E-state index < -0.39 is 16.1 Å². The van der Waals surface area contributed by atoms with Gasteiger partial charge in [0.05, 0.1) is 10.9 Å². The number of halogens is 2. The Hall–Kier alpha value is -1.41. The molecule has 2 aromatic rings. The van der Waals surface area contributed by atoms with Crippen LogP contribution in [0.3, 0.4) is 0 Å². The van der Waals surface area contributed by atoms with Gasteiger partial charge in [0.2, 0.25) is 15.9 Å². The van der Waals surface area contributed by atoms with Crippen molar-refractivity contribution >= 4 is 43.5 Å². The number of benzene rings is 2. The van der Waals surface area contributed by atoms with Crippen LogP contribution in [-0.2, 0) is 21.4 Å². The van der Waals surface area contributed by atoms with Gasteiger partial charge in [-0.05, 0) is 42.8 Å². The van der Waals surface area contributed by atoms with E-state index >= 15 is 0 Å². The summed E-state index contributed by atoms with van der Waals surface area (Å²) >= 11 is 9.21. The maximum atomic E-state index is 12.5. The molecule has 0 aliphatic carbocycles. The van der Waals surface area contributed by atoms with Crippen molar-refractivity contribution in [2.45, 2.75) is 24.4 Å². The summed E-state index contributed by atoms with van der Waals surface area (Å²) in [5.74, 6) is -0.326. The van der Waals surface area contributed by atoms with E-state index in [1.807, 2.05) is 24.3 Å². The van der Waals surface area contributed by atoms with E-state index in [1.54, 1.807) is 7.05 Å². The van der Waals surface area contributed by atoms with Crippen LogP contribution in [0, 0.1) is 0 Å². The highest BCUT2D eigenvalue weighted by Crippen LogP contribution is 2.18. The van der Waals surface area contributed by atoms with Crippen molar-refractivity contribution in [2.24, 2.45) is 0 Å². The van der Waals surface area contributed by atoms with E-state index in [9.17, 15) is 13.2 Å². The molecule has 0 radical (unpaired) electrons. The van der Waals surface area contributed by atoms with Gasteiger partial charge in [0.25, 0.3) is 0 Å². The zero-order valence-electron chi connectivity index (χ0n) is 13.7. The number of carbonyl (C=O) groups is 1. The first-order chi connectivity index (χ1) is 11.7. The van der Waals surface area contributed by atoms with Gasteiger partial charge in [-0.1, -0.05) is 45.7 Å². The summed E-state index contributed by atoms with van der Waals surface area (Å²) in [6.45, 7) is 1.89. The van der Waals surface area contributed by atoms with Crippen molar-refractivity contribution in [3.05, 3.63) is 63.6 Å². The highest BCUT2D eigenvalue weighted by Gasteiger charge is 2.24. The topological polar surface area (TPSA) is 66.5 Å². The summed E-state index contributed by atoms with van der Waals surface area (Å²) < 4.78 is 28.0. The molecule has 1 atom stereocenters. The van der Waals surface area contributed by atoms with E-state index in [1.165, 1.54) is 36.1 Å². The second kappa shape index (κ2) is 8.31. The first-order valence-corrected chi connectivity index (χ1v) is 10.1. The third kappa shape index (κ3) is 5.28. The van der Waals surface area contributed by atoms with E-state index in [0.717, 1.165) is 10.0 Å². The Labute approximate surface area is 161 Å². The Morgan fingerprint density at radius 2 is 1.80 bits per heavy atom. The van der Waals surface area contributed by atoms with Gasteiger partial charge in [-0.25, -0.2) is 8.42 Å². The maximum absolute atomic E-state index is 12.5. The Morgan fingerprint density at radius 1 is 1.20 bits per heavy atom. The molecule has 0 bridgehead atoms. The third-order valence-corrected chi connectivity index (χ3v) is 6.15. The number of nitrogens with zero attached hydrogens (tertiary/aromatic N) is 1. The van der Waals surface area contributed by atoms with E-state index in [2.05, 4.69) is 20.7 Å². The fourth-order valence-electron chi connectivity index (χ4n) is 2.26. The predicted octanol–water partition coefficient (Wildman–Crippen LogP) is 3.43. The summed E-state index contributed by atoms with van der Waals surface area (Å²) in [6.07, 6.45) is 0. The fraction of sp³-hybridized carbons (Fsp3) is 0.235. The van der Waals surface area contributed by atoms with Gasteiger partial charge < -0.3 is 4.90 Å². The smallest absolute Gasteiger partial charge is 0.241 e. The lowest BCUT2D eigenvalue weighted by Crippen LogP contribution is -2.45. The Balaban J connectivity index is 2.06. The summed E-state index contributed by atoms with van der Waals surface area (Å²) in [7, 11) is -2.17. The molecule has 0 fully saturated rings. The van der Waals surface area contributed by atoms with Crippen molar-refractivity contribution in [3.8, 4) is 0 Å². The van der Waals surface area contributed by atoms with Crippen molar-refractivity contribution in [1.29, 1.82) is 0 Å². The molecule has 5 nitrogen and oxygen atoms in total. The van der Waals surface area contributed by atoms with Crippen LogP contribution in [0.2, 0.25) is 5.02 Å². The Kier molecular flexibility index (Phi) is 6.62. The number of likely N-dealkylation sites (N-methyl/N-ethyl adjacent to an activating group) is 1. The lowest BCUT2D eigenvalue weighted by Gasteiger charge is -2.22. The highest BCUT2D eigenvalue weighted by atomic mass is 79.9. The van der Waals surface area contributed by atoms with E-state index in [-0.39, 0.29) is 10.8 Å². The summed E-state index contributed by atoms with van der Waals surface area (Å²) in [5, 5.41) is 0.441. The van der Waals surface area contributed by atoms with Crippen molar-refractivity contribution in [2.75, 3.05) is 7.05 Å². The predicted molar refractivity (Wildman–Crippen MR) is 102 cm³/mol. The molecular weight excluding hydrogens is 428 g/mol. The quantitative estimate of drug-likeness (QED) is 0.741. The minimum Gasteiger partial charge on any atom is -0.340 e. The fourth-order valence-corrected chi connectivity index (χ4v) is 3.99. The SMILES string of the molecule is CC(NS(=O)(=O)c1ccc(Cl)cc1)C(=O)N(C)Cc1ccccc1Br. The molecule has 0 aliphatic rings. The van der Waals surface area contributed by atoms with Crippen LogP contribution in [0.5, 0.6) is 0 Å². The number of rotatable bonds is 6. The van der Waals surface area contributed by atoms with Gasteiger partial charge in [-0.2, -0.15) is 4.72 Å². The minimum absolute atomic E-state index is 0.0602. The molecule has 0 saturated heterocycles. The molecule has 0 spiro atoms. The largest absolute Gasteiger partial charge is 0.340 e. The van der Waals surface area contributed by atoms with Crippen LogP contribution >= 0.6 is 27.5 Å². The van der Waals surface area contributed by atoms with Gasteiger partial charge in [0.15, 0.2) is 0 Å². The Morgan fingerprint density at radius 3 is 2.40 bits per heavy atom. The van der Waals surface area contributed by atoms with Gasteiger partial charge in [0.1, 0.15) is 0 Å². The molecule has 8 heteroatoms. The monoisotopic (exact) mass is 444 g/mol. The zero-order valence-corrected chi connectivity index (χ0v) is 16.9. The molecule has 2 rings (SSSR count). The van der Waals surface area contributed by atoms with Crippen LogP contribution in [0.25, 0.3) is 0 Å². The molecule has 0 heterocycles. The van der Waals surface area contributed by atoms with Crippen LogP contribution in [-0.4, -0.2) is 32.3 Å². The number of sulfonamides is 1. The standard InChI is InChI=1S/C17H18BrClN2O3S/c1-12(20-25(23,24)15-9-7-14(19)8-10-15)17(22)21(2)11-13-5-3-4-6-16(13)18/h3-10,12,20H,11H2,1-2H3. The van der Waals surface area contributed by atoms with Crippen LogP contribution in [0.1, 0.15) is 12.5 Å². The molecule has 2 aromatic carbocycles. The van der Waals surface area contributed by atoms with Gasteiger partial charge in [0, 0.05) is 23.1 Å². The Bertz CT molecular complexity index is 856. The third-order valence-electron chi connectivity index (χ3n) is 3.57. The molecule has 0 saturated carbocycles. The van der Waals surface area contributed by atoms with Crippen molar-refractivity contribution < 1.29 is 13.2 Å². The lowest BCUT2D eigenvalue weighted by molar-refractivity contribution is -0.131. The average molecular weight is 446 g/mol. The van der Waals surface area contributed by atoms with E-state index in [4.69, 9.17) is 11.6 Å². The van der Waals surface area contributed by atoms with Gasteiger partial charge in [-0.15, -0.1) is 0 Å². The average Bonchev–Trinajstić information content (AvgIpc) is 2.56. The molecule has 0 aromatic heterocycles. The molecule has 0 aliphatic heterocycles. The lowest BCUT2D eigenvalue weighted by atomic mass is 10.2. The van der Waals surface area contributed by atoms with Crippen LogP contribution in [0.15, 0.2) is 57.9 Å². The zero-order chi connectivity index (χ0) is 18.6. The maximum Gasteiger partial charge on any atom is 0.241 e.